The predicted octanol–water partition coefficient (Wildman–Crippen LogP) is 4.63. The molecule has 0 radical (unpaired) electrons. The minimum atomic E-state index is -0.454. The highest BCUT2D eigenvalue weighted by Crippen LogP contribution is 2.29. The lowest BCUT2D eigenvalue weighted by atomic mass is 10.2. The van der Waals surface area contributed by atoms with Crippen LogP contribution < -0.4 is 25.0 Å². The van der Waals surface area contributed by atoms with Crippen LogP contribution in [-0.4, -0.2) is 31.0 Å². The molecule has 0 heterocycles. The van der Waals surface area contributed by atoms with Gasteiger partial charge in [0.15, 0.2) is 16.6 Å². The number of thiocarbonyl (C=S) groups is 1. The maximum Gasteiger partial charge on any atom is 0.343 e. The molecule has 0 unspecified atom stereocenters. The number of hydrogen-bond acceptors (Lipinski definition) is 6. The monoisotopic (exact) mass is 449 g/mol. The number of methoxy groups -OCH3 is 1. The molecular weight excluding hydrogens is 426 g/mol. The van der Waals surface area contributed by atoms with E-state index in [4.69, 9.17) is 26.4 Å². The van der Waals surface area contributed by atoms with Crippen LogP contribution in [0, 0.1) is 0 Å². The van der Waals surface area contributed by atoms with Gasteiger partial charge in [-0.25, -0.2) is 4.79 Å². The number of nitrogens with one attached hydrogen (secondary N) is 2. The van der Waals surface area contributed by atoms with Crippen molar-refractivity contribution in [2.24, 2.45) is 5.10 Å². The topological polar surface area (TPSA) is 81.2 Å². The normalized spacial score (nSPS) is 10.4. The Bertz CT molecular complexity index is 1090. The Labute approximate surface area is 192 Å². The molecule has 3 aromatic rings. The third kappa shape index (κ3) is 6.55. The predicted molar refractivity (Wildman–Crippen MR) is 129 cm³/mol. The summed E-state index contributed by atoms with van der Waals surface area (Å²) in [5, 5.41) is 7.51. The minimum absolute atomic E-state index is 0.336. The van der Waals surface area contributed by atoms with Gasteiger partial charge in [-0.3, -0.25) is 5.43 Å². The lowest BCUT2D eigenvalue weighted by molar-refractivity contribution is 0.0728. The number of nitrogens with zero attached hydrogens (tertiary/aromatic N) is 1. The number of carbonyl (C=O) groups is 1. The van der Waals surface area contributed by atoms with Crippen molar-refractivity contribution >= 4 is 35.2 Å². The van der Waals surface area contributed by atoms with Crippen molar-refractivity contribution < 1.29 is 19.0 Å². The molecule has 0 saturated heterocycles. The van der Waals surface area contributed by atoms with Crippen LogP contribution in [0.1, 0.15) is 22.8 Å². The van der Waals surface area contributed by atoms with Crippen LogP contribution >= 0.6 is 12.2 Å². The molecule has 0 atom stereocenters. The van der Waals surface area contributed by atoms with Crippen LogP contribution in [0.25, 0.3) is 0 Å². The van der Waals surface area contributed by atoms with Crippen molar-refractivity contribution in [3.63, 3.8) is 0 Å². The molecule has 0 spiro atoms. The van der Waals surface area contributed by atoms with Gasteiger partial charge in [-0.2, -0.15) is 5.10 Å². The molecule has 32 heavy (non-hydrogen) atoms. The van der Waals surface area contributed by atoms with E-state index in [1.165, 1.54) is 0 Å². The van der Waals surface area contributed by atoms with Crippen molar-refractivity contribution in [2.45, 2.75) is 6.92 Å². The zero-order valence-electron chi connectivity index (χ0n) is 17.7. The SMILES string of the molecule is CCOc1cc(C=NNC(=S)Nc2ccc(OC)cc2)ccc1OC(=O)c1ccccc1. The maximum absolute atomic E-state index is 12.3. The molecule has 0 aromatic heterocycles. The van der Waals surface area contributed by atoms with Gasteiger partial charge in [0.1, 0.15) is 5.75 Å². The third-order valence-corrected chi connectivity index (χ3v) is 4.40. The summed E-state index contributed by atoms with van der Waals surface area (Å²) in [7, 11) is 1.61. The van der Waals surface area contributed by atoms with Crippen molar-refractivity contribution in [2.75, 3.05) is 19.0 Å². The van der Waals surface area contributed by atoms with E-state index in [0.717, 1.165) is 17.0 Å². The zero-order chi connectivity index (χ0) is 22.8. The molecule has 0 aliphatic rings. The quantitative estimate of drug-likeness (QED) is 0.171. The molecule has 0 fully saturated rings. The molecular formula is C24H23N3O4S. The van der Waals surface area contributed by atoms with Crippen molar-refractivity contribution in [3.05, 3.63) is 83.9 Å². The number of hydrazone groups is 1. The van der Waals surface area contributed by atoms with Gasteiger partial charge in [-0.05, 0) is 79.3 Å². The highest BCUT2D eigenvalue weighted by Gasteiger charge is 2.12. The molecule has 2 N–H and O–H groups in total. The van der Waals surface area contributed by atoms with E-state index in [1.54, 1.807) is 55.8 Å². The first-order valence-electron chi connectivity index (χ1n) is 9.87. The van der Waals surface area contributed by atoms with Gasteiger partial charge in [0.25, 0.3) is 0 Å². The zero-order valence-corrected chi connectivity index (χ0v) is 18.5. The highest BCUT2D eigenvalue weighted by atomic mass is 32.1. The summed E-state index contributed by atoms with van der Waals surface area (Å²) in [4.78, 5) is 12.3. The first-order valence-corrected chi connectivity index (χ1v) is 10.3. The van der Waals surface area contributed by atoms with Crippen molar-refractivity contribution in [1.82, 2.24) is 5.43 Å². The maximum atomic E-state index is 12.3. The van der Waals surface area contributed by atoms with Gasteiger partial charge in [0, 0.05) is 5.69 Å². The van der Waals surface area contributed by atoms with Crippen LogP contribution in [0.5, 0.6) is 17.2 Å². The summed E-state index contributed by atoms with van der Waals surface area (Å²) in [6.07, 6.45) is 1.59. The molecule has 0 bridgehead atoms. The number of hydrogen-bond donors (Lipinski definition) is 2. The van der Waals surface area contributed by atoms with E-state index in [9.17, 15) is 4.79 Å². The molecule has 0 saturated carbocycles. The average Bonchev–Trinajstić information content (AvgIpc) is 2.82. The summed E-state index contributed by atoms with van der Waals surface area (Å²) in [6, 6.07) is 21.3. The Kier molecular flexibility index (Phi) is 8.16. The second kappa shape index (κ2) is 11.5. The lowest BCUT2D eigenvalue weighted by Gasteiger charge is -2.11. The van der Waals surface area contributed by atoms with Gasteiger partial charge in [0.2, 0.25) is 0 Å². The Morgan fingerprint density at radius 3 is 2.47 bits per heavy atom. The second-order valence-electron chi connectivity index (χ2n) is 6.45. The molecule has 3 aromatic carbocycles. The Morgan fingerprint density at radius 1 is 1.03 bits per heavy atom. The largest absolute Gasteiger partial charge is 0.497 e. The molecule has 164 valence electrons. The fourth-order valence-electron chi connectivity index (χ4n) is 2.69. The van der Waals surface area contributed by atoms with Crippen LogP contribution in [-0.2, 0) is 0 Å². The third-order valence-electron chi connectivity index (χ3n) is 4.21. The summed E-state index contributed by atoms with van der Waals surface area (Å²) < 4.78 is 16.3. The Morgan fingerprint density at radius 2 is 1.78 bits per heavy atom. The number of rotatable bonds is 8. The van der Waals surface area contributed by atoms with Crippen molar-refractivity contribution in [1.29, 1.82) is 0 Å². The molecule has 3 rings (SSSR count). The first-order chi connectivity index (χ1) is 15.6. The van der Waals surface area contributed by atoms with Gasteiger partial charge >= 0.3 is 5.97 Å². The van der Waals surface area contributed by atoms with E-state index in [2.05, 4.69) is 15.8 Å². The van der Waals surface area contributed by atoms with Crippen LogP contribution in [0.4, 0.5) is 5.69 Å². The van der Waals surface area contributed by atoms with Gasteiger partial charge in [-0.1, -0.05) is 18.2 Å². The summed E-state index contributed by atoms with van der Waals surface area (Å²) >= 11 is 5.25. The highest BCUT2D eigenvalue weighted by molar-refractivity contribution is 7.80. The molecule has 0 aliphatic carbocycles. The number of esters is 1. The van der Waals surface area contributed by atoms with Gasteiger partial charge in [0.05, 0.1) is 25.5 Å². The summed E-state index contributed by atoms with van der Waals surface area (Å²) in [5.41, 5.74) is 4.77. The molecule has 0 aliphatic heterocycles. The number of anilines is 1. The van der Waals surface area contributed by atoms with Crippen LogP contribution in [0.3, 0.4) is 0 Å². The van der Waals surface area contributed by atoms with E-state index in [-0.39, 0.29) is 0 Å². The first kappa shape index (κ1) is 22.8. The Hall–Kier alpha value is -3.91. The Balaban J connectivity index is 1.62. The molecule has 7 nitrogen and oxygen atoms in total. The molecule has 0 amide bonds. The number of benzene rings is 3. The fourth-order valence-corrected chi connectivity index (χ4v) is 2.86. The van der Waals surface area contributed by atoms with Crippen LogP contribution in [0.15, 0.2) is 77.9 Å². The average molecular weight is 450 g/mol. The molecule has 8 heteroatoms. The lowest BCUT2D eigenvalue weighted by Crippen LogP contribution is -2.23. The summed E-state index contributed by atoms with van der Waals surface area (Å²) in [6.45, 7) is 2.28. The van der Waals surface area contributed by atoms with E-state index in [0.29, 0.717) is 28.8 Å². The van der Waals surface area contributed by atoms with Crippen LogP contribution in [0.2, 0.25) is 0 Å². The van der Waals surface area contributed by atoms with Gasteiger partial charge < -0.3 is 19.5 Å². The van der Waals surface area contributed by atoms with E-state index in [1.807, 2.05) is 37.3 Å². The minimum Gasteiger partial charge on any atom is -0.497 e. The smallest absolute Gasteiger partial charge is 0.343 e. The second-order valence-corrected chi connectivity index (χ2v) is 6.86. The standard InChI is InChI=1S/C24H23N3O4S/c1-3-30-22-15-17(9-14-21(22)31-23(28)18-7-5-4-6-8-18)16-25-27-24(32)26-19-10-12-20(29-2)13-11-19/h4-16H,3H2,1-2H3,(H2,26,27,32). The fraction of sp³-hybridized carbons (Fsp3) is 0.125. The number of carbonyl (C=O) groups excluding carboxylic acids is 1. The van der Waals surface area contributed by atoms with E-state index < -0.39 is 5.97 Å². The van der Waals surface area contributed by atoms with Crippen molar-refractivity contribution in [3.8, 4) is 17.2 Å². The summed E-state index contributed by atoms with van der Waals surface area (Å²) in [5.74, 6) is 1.09. The van der Waals surface area contributed by atoms with E-state index >= 15 is 0 Å². The number of ether oxygens (including phenoxy) is 3. The van der Waals surface area contributed by atoms with Gasteiger partial charge in [-0.15, -0.1) is 0 Å².